The lowest BCUT2D eigenvalue weighted by Gasteiger charge is -2.35. The Morgan fingerprint density at radius 1 is 0.769 bits per heavy atom. The van der Waals surface area contributed by atoms with Crippen LogP contribution < -0.4 is 4.90 Å². The minimum atomic E-state index is 1.06. The van der Waals surface area contributed by atoms with Crippen molar-refractivity contribution < 1.29 is 0 Å². The topological polar surface area (TPSA) is 3.24 Å². The SMILES string of the molecule is CCCCN1c2ccccc2C(=Cc2ccc(C)cc2)c2ccccc21. The Labute approximate surface area is 156 Å². The normalized spacial score (nSPS) is 12.5. The highest BCUT2D eigenvalue weighted by Gasteiger charge is 2.25. The summed E-state index contributed by atoms with van der Waals surface area (Å²) < 4.78 is 0. The maximum atomic E-state index is 2.49. The van der Waals surface area contributed by atoms with E-state index in [-0.39, 0.29) is 0 Å². The number of fused-ring (bicyclic) bond motifs is 2. The highest BCUT2D eigenvalue weighted by atomic mass is 15.1. The van der Waals surface area contributed by atoms with E-state index >= 15 is 0 Å². The van der Waals surface area contributed by atoms with Gasteiger partial charge in [0.2, 0.25) is 0 Å². The predicted molar refractivity (Wildman–Crippen MR) is 113 cm³/mol. The minimum Gasteiger partial charge on any atom is -0.340 e. The summed E-state index contributed by atoms with van der Waals surface area (Å²) in [5.41, 5.74) is 9.13. The molecule has 0 N–H and O–H groups in total. The number of anilines is 2. The molecule has 0 saturated heterocycles. The molecule has 0 spiro atoms. The van der Waals surface area contributed by atoms with E-state index in [0.29, 0.717) is 0 Å². The molecule has 26 heavy (non-hydrogen) atoms. The quantitative estimate of drug-likeness (QED) is 0.503. The molecule has 0 fully saturated rings. The highest BCUT2D eigenvalue weighted by molar-refractivity contribution is 6.03. The van der Waals surface area contributed by atoms with Crippen LogP contribution >= 0.6 is 0 Å². The van der Waals surface area contributed by atoms with E-state index < -0.39 is 0 Å². The average Bonchev–Trinajstić information content (AvgIpc) is 2.69. The van der Waals surface area contributed by atoms with Gasteiger partial charge in [-0.2, -0.15) is 0 Å². The highest BCUT2D eigenvalue weighted by Crippen LogP contribution is 2.45. The maximum absolute atomic E-state index is 2.49. The fourth-order valence-corrected chi connectivity index (χ4v) is 3.69. The van der Waals surface area contributed by atoms with Gasteiger partial charge < -0.3 is 4.90 Å². The van der Waals surface area contributed by atoms with Gasteiger partial charge in [0, 0.05) is 29.0 Å². The summed E-state index contributed by atoms with van der Waals surface area (Å²) in [6.45, 7) is 5.44. The molecule has 0 unspecified atom stereocenters. The third-order valence-electron chi connectivity index (χ3n) is 5.09. The smallest absolute Gasteiger partial charge is 0.0490 e. The van der Waals surface area contributed by atoms with E-state index in [4.69, 9.17) is 0 Å². The number of benzene rings is 3. The van der Waals surface area contributed by atoms with Gasteiger partial charge in [-0.3, -0.25) is 0 Å². The Kier molecular flexibility index (Phi) is 4.62. The zero-order valence-corrected chi connectivity index (χ0v) is 15.6. The summed E-state index contributed by atoms with van der Waals surface area (Å²) in [5, 5.41) is 0. The van der Waals surface area contributed by atoms with Crippen molar-refractivity contribution in [1.82, 2.24) is 0 Å². The van der Waals surface area contributed by atoms with Crippen molar-refractivity contribution in [3.63, 3.8) is 0 Å². The molecule has 3 aromatic rings. The van der Waals surface area contributed by atoms with Crippen molar-refractivity contribution in [1.29, 1.82) is 0 Å². The third kappa shape index (κ3) is 3.06. The molecule has 1 aliphatic heterocycles. The molecule has 0 aromatic heterocycles. The van der Waals surface area contributed by atoms with Crippen LogP contribution in [0.25, 0.3) is 11.6 Å². The number of rotatable bonds is 4. The zero-order chi connectivity index (χ0) is 17.9. The van der Waals surface area contributed by atoms with Crippen LogP contribution in [0, 0.1) is 6.92 Å². The van der Waals surface area contributed by atoms with E-state index in [1.165, 1.54) is 52.0 Å². The summed E-state index contributed by atoms with van der Waals surface area (Å²) in [6.07, 6.45) is 4.72. The second-order valence-electron chi connectivity index (χ2n) is 7.01. The second-order valence-corrected chi connectivity index (χ2v) is 7.01. The second kappa shape index (κ2) is 7.21. The lowest BCUT2D eigenvalue weighted by molar-refractivity contribution is 0.783. The number of hydrogen-bond donors (Lipinski definition) is 0. The zero-order valence-electron chi connectivity index (χ0n) is 15.6. The molecular formula is C25H25N. The number of unbranched alkanes of at least 4 members (excludes halogenated alkanes) is 1. The van der Waals surface area contributed by atoms with Crippen molar-refractivity contribution in [2.75, 3.05) is 11.4 Å². The molecule has 130 valence electrons. The number of hydrogen-bond acceptors (Lipinski definition) is 1. The fraction of sp³-hybridized carbons (Fsp3) is 0.200. The van der Waals surface area contributed by atoms with Crippen LogP contribution in [0.2, 0.25) is 0 Å². The third-order valence-corrected chi connectivity index (χ3v) is 5.09. The van der Waals surface area contributed by atoms with E-state index in [9.17, 15) is 0 Å². The molecule has 1 nitrogen and oxygen atoms in total. The van der Waals surface area contributed by atoms with Gasteiger partial charge >= 0.3 is 0 Å². The Balaban J connectivity index is 1.89. The van der Waals surface area contributed by atoms with Crippen molar-refractivity contribution in [3.05, 3.63) is 95.1 Å². The van der Waals surface area contributed by atoms with Crippen LogP contribution in [-0.4, -0.2) is 6.54 Å². The Morgan fingerprint density at radius 3 is 1.92 bits per heavy atom. The van der Waals surface area contributed by atoms with Crippen molar-refractivity contribution in [2.24, 2.45) is 0 Å². The fourth-order valence-electron chi connectivity index (χ4n) is 3.69. The number of para-hydroxylation sites is 2. The van der Waals surface area contributed by atoms with Gasteiger partial charge in [0.1, 0.15) is 0 Å². The lowest BCUT2D eigenvalue weighted by atomic mass is 9.88. The van der Waals surface area contributed by atoms with Crippen LogP contribution in [-0.2, 0) is 0 Å². The first-order chi connectivity index (χ1) is 12.8. The van der Waals surface area contributed by atoms with Gasteiger partial charge in [0.05, 0.1) is 0 Å². The molecule has 1 heteroatoms. The first-order valence-corrected chi connectivity index (χ1v) is 9.52. The molecule has 4 rings (SSSR count). The van der Waals surface area contributed by atoms with Gasteiger partial charge in [-0.05, 0) is 42.7 Å². The standard InChI is InChI=1S/C25H25N/c1-3-4-17-26-24-11-7-5-9-21(24)23(22-10-6-8-12-25(22)26)18-20-15-13-19(2)14-16-20/h5-16,18H,3-4,17H2,1-2H3. The van der Waals surface area contributed by atoms with Gasteiger partial charge in [0.15, 0.2) is 0 Å². The van der Waals surface area contributed by atoms with Crippen molar-refractivity contribution in [3.8, 4) is 0 Å². The molecule has 3 aromatic carbocycles. The van der Waals surface area contributed by atoms with Gasteiger partial charge in [-0.15, -0.1) is 0 Å². The molecule has 0 aliphatic carbocycles. The molecule has 1 aliphatic rings. The molecular weight excluding hydrogens is 314 g/mol. The molecule has 1 heterocycles. The largest absolute Gasteiger partial charge is 0.340 e. The Bertz CT molecular complexity index is 885. The first-order valence-electron chi connectivity index (χ1n) is 9.52. The lowest BCUT2D eigenvalue weighted by Crippen LogP contribution is -2.24. The van der Waals surface area contributed by atoms with E-state index in [1.54, 1.807) is 0 Å². The van der Waals surface area contributed by atoms with Gasteiger partial charge in [-0.1, -0.05) is 79.6 Å². The monoisotopic (exact) mass is 339 g/mol. The molecule has 0 saturated carbocycles. The van der Waals surface area contributed by atoms with E-state index in [0.717, 1.165) is 6.54 Å². The van der Waals surface area contributed by atoms with Crippen LogP contribution in [0.3, 0.4) is 0 Å². The summed E-state index contributed by atoms with van der Waals surface area (Å²) in [4.78, 5) is 2.49. The van der Waals surface area contributed by atoms with Crippen molar-refractivity contribution >= 4 is 23.0 Å². The molecule has 0 amide bonds. The van der Waals surface area contributed by atoms with Crippen LogP contribution in [0.4, 0.5) is 11.4 Å². The average molecular weight is 339 g/mol. The molecule has 0 radical (unpaired) electrons. The summed E-state index contributed by atoms with van der Waals surface area (Å²) >= 11 is 0. The van der Waals surface area contributed by atoms with E-state index in [1.807, 2.05) is 0 Å². The van der Waals surface area contributed by atoms with Gasteiger partial charge in [-0.25, -0.2) is 0 Å². The van der Waals surface area contributed by atoms with Crippen LogP contribution in [0.1, 0.15) is 42.0 Å². The van der Waals surface area contributed by atoms with Crippen LogP contribution in [0.5, 0.6) is 0 Å². The summed E-state index contributed by atoms with van der Waals surface area (Å²) in [6, 6.07) is 26.4. The van der Waals surface area contributed by atoms with Gasteiger partial charge in [0.25, 0.3) is 0 Å². The molecule has 0 atom stereocenters. The van der Waals surface area contributed by atoms with Crippen molar-refractivity contribution in [2.45, 2.75) is 26.7 Å². The minimum absolute atomic E-state index is 1.06. The summed E-state index contributed by atoms with van der Waals surface area (Å²) in [7, 11) is 0. The van der Waals surface area contributed by atoms with E-state index in [2.05, 4.69) is 97.6 Å². The number of aryl methyl sites for hydroxylation is 1. The summed E-state index contributed by atoms with van der Waals surface area (Å²) in [5.74, 6) is 0. The Morgan fingerprint density at radius 2 is 1.35 bits per heavy atom. The number of nitrogens with zero attached hydrogens (tertiary/aromatic N) is 1. The van der Waals surface area contributed by atoms with Crippen LogP contribution in [0.15, 0.2) is 72.8 Å². The molecule has 0 bridgehead atoms. The first kappa shape index (κ1) is 16.7. The maximum Gasteiger partial charge on any atom is 0.0490 e. The Hall–Kier alpha value is -2.80. The predicted octanol–water partition coefficient (Wildman–Crippen LogP) is 6.84.